The molecule has 1 amide bonds. The van der Waals surface area contributed by atoms with Crippen LogP contribution in [0.2, 0.25) is 0 Å². The van der Waals surface area contributed by atoms with Crippen LogP contribution in [0.5, 0.6) is 0 Å². The fourth-order valence-corrected chi connectivity index (χ4v) is 2.29. The lowest BCUT2D eigenvalue weighted by Crippen LogP contribution is -2.41. The van der Waals surface area contributed by atoms with Crippen LogP contribution >= 0.6 is 24.0 Å². The van der Waals surface area contributed by atoms with Crippen molar-refractivity contribution < 1.29 is 13.6 Å². The van der Waals surface area contributed by atoms with Gasteiger partial charge < -0.3 is 16.0 Å². The van der Waals surface area contributed by atoms with Crippen LogP contribution in [0.4, 0.5) is 8.78 Å². The van der Waals surface area contributed by atoms with Gasteiger partial charge in [-0.3, -0.25) is 4.79 Å². The SMILES string of the molecule is CCNC(=NCc1ccc(F)cc1)NCCNC(=O)c1ccc(C)c(F)c1.I. The number of hydrogen-bond acceptors (Lipinski definition) is 2. The van der Waals surface area contributed by atoms with Crippen LogP contribution in [-0.4, -0.2) is 31.5 Å². The fraction of sp³-hybridized carbons (Fsp3) is 0.300. The minimum Gasteiger partial charge on any atom is -0.357 e. The highest BCUT2D eigenvalue weighted by atomic mass is 127. The second-order valence-electron chi connectivity index (χ2n) is 5.97. The number of nitrogens with one attached hydrogen (secondary N) is 3. The van der Waals surface area contributed by atoms with E-state index in [9.17, 15) is 13.6 Å². The van der Waals surface area contributed by atoms with Crippen LogP contribution in [0, 0.1) is 18.6 Å². The molecule has 0 heterocycles. The van der Waals surface area contributed by atoms with Crippen molar-refractivity contribution in [3.8, 4) is 0 Å². The van der Waals surface area contributed by atoms with Gasteiger partial charge in [0.05, 0.1) is 6.54 Å². The Balaban J connectivity index is 0.00000392. The number of aliphatic imine (C=N–C) groups is 1. The summed E-state index contributed by atoms with van der Waals surface area (Å²) in [6.07, 6.45) is 0. The van der Waals surface area contributed by atoms with Gasteiger partial charge in [0.1, 0.15) is 11.6 Å². The normalized spacial score (nSPS) is 10.8. The number of carbonyl (C=O) groups excluding carboxylic acids is 1. The first-order valence-corrected chi connectivity index (χ1v) is 8.80. The highest BCUT2D eigenvalue weighted by Crippen LogP contribution is 2.08. The highest BCUT2D eigenvalue weighted by molar-refractivity contribution is 14.0. The predicted molar refractivity (Wildman–Crippen MR) is 118 cm³/mol. The minimum atomic E-state index is -0.400. The molecule has 3 N–H and O–H groups in total. The van der Waals surface area contributed by atoms with E-state index in [0.29, 0.717) is 37.7 Å². The van der Waals surface area contributed by atoms with Crippen molar-refractivity contribution in [2.75, 3.05) is 19.6 Å². The van der Waals surface area contributed by atoms with E-state index >= 15 is 0 Å². The lowest BCUT2D eigenvalue weighted by molar-refractivity contribution is 0.0954. The second kappa shape index (κ2) is 12.3. The molecule has 0 saturated carbocycles. The van der Waals surface area contributed by atoms with E-state index in [-0.39, 0.29) is 41.3 Å². The number of aryl methyl sites for hydroxylation is 1. The molecule has 0 unspecified atom stereocenters. The highest BCUT2D eigenvalue weighted by Gasteiger charge is 2.07. The molecular formula is C20H25F2IN4O. The average molecular weight is 502 g/mol. The second-order valence-corrected chi connectivity index (χ2v) is 5.97. The molecule has 2 rings (SSSR count). The molecule has 8 heteroatoms. The molecule has 152 valence electrons. The number of nitrogens with zero attached hydrogens (tertiary/aromatic N) is 1. The van der Waals surface area contributed by atoms with Gasteiger partial charge in [-0.1, -0.05) is 18.2 Å². The number of rotatable bonds is 7. The summed E-state index contributed by atoms with van der Waals surface area (Å²) >= 11 is 0. The number of guanidine groups is 1. The van der Waals surface area contributed by atoms with Crippen molar-refractivity contribution in [1.82, 2.24) is 16.0 Å². The van der Waals surface area contributed by atoms with Gasteiger partial charge >= 0.3 is 0 Å². The molecule has 0 aromatic heterocycles. The maximum absolute atomic E-state index is 13.5. The van der Waals surface area contributed by atoms with Crippen LogP contribution < -0.4 is 16.0 Å². The molecule has 0 aliphatic carbocycles. The Bertz CT molecular complexity index is 797. The molecular weight excluding hydrogens is 477 g/mol. The number of halogens is 3. The third-order valence-electron chi connectivity index (χ3n) is 3.81. The van der Waals surface area contributed by atoms with Crippen molar-refractivity contribution in [1.29, 1.82) is 0 Å². The third kappa shape index (κ3) is 7.79. The van der Waals surface area contributed by atoms with Gasteiger partial charge in [-0.15, -0.1) is 24.0 Å². The summed E-state index contributed by atoms with van der Waals surface area (Å²) in [6.45, 7) is 5.50. The molecule has 0 spiro atoms. The van der Waals surface area contributed by atoms with Crippen molar-refractivity contribution in [3.05, 3.63) is 70.8 Å². The van der Waals surface area contributed by atoms with E-state index in [4.69, 9.17) is 0 Å². The first-order chi connectivity index (χ1) is 13.0. The number of benzene rings is 2. The Labute approximate surface area is 181 Å². The summed E-state index contributed by atoms with van der Waals surface area (Å²) in [6, 6.07) is 10.6. The molecule has 0 saturated heterocycles. The maximum atomic E-state index is 13.5. The largest absolute Gasteiger partial charge is 0.357 e. The summed E-state index contributed by atoms with van der Waals surface area (Å²) in [4.78, 5) is 16.5. The van der Waals surface area contributed by atoms with Crippen LogP contribution in [0.25, 0.3) is 0 Å². The van der Waals surface area contributed by atoms with Crippen LogP contribution in [0.1, 0.15) is 28.4 Å². The average Bonchev–Trinajstić information content (AvgIpc) is 2.66. The van der Waals surface area contributed by atoms with Crippen molar-refractivity contribution >= 4 is 35.8 Å². The molecule has 2 aromatic rings. The monoisotopic (exact) mass is 502 g/mol. The molecule has 0 aliphatic heterocycles. The first kappa shape index (κ1) is 23.8. The Hall–Kier alpha value is -2.23. The van der Waals surface area contributed by atoms with Crippen LogP contribution in [0.3, 0.4) is 0 Å². The molecule has 0 radical (unpaired) electrons. The topological polar surface area (TPSA) is 65.5 Å². The quantitative estimate of drug-likeness (QED) is 0.236. The van der Waals surface area contributed by atoms with E-state index in [1.54, 1.807) is 31.2 Å². The summed E-state index contributed by atoms with van der Waals surface area (Å²) in [5, 5.41) is 8.94. The zero-order valence-electron chi connectivity index (χ0n) is 15.9. The summed E-state index contributed by atoms with van der Waals surface area (Å²) in [5.41, 5.74) is 1.68. The smallest absolute Gasteiger partial charge is 0.251 e. The van der Waals surface area contributed by atoms with Gasteiger partial charge in [0, 0.05) is 25.2 Å². The van der Waals surface area contributed by atoms with Crippen LogP contribution in [-0.2, 0) is 6.54 Å². The molecule has 0 bridgehead atoms. The van der Waals surface area contributed by atoms with E-state index in [1.807, 2.05) is 6.92 Å². The lowest BCUT2D eigenvalue weighted by Gasteiger charge is -2.12. The lowest BCUT2D eigenvalue weighted by atomic mass is 10.1. The van der Waals surface area contributed by atoms with Crippen molar-refractivity contribution in [3.63, 3.8) is 0 Å². The van der Waals surface area contributed by atoms with Gasteiger partial charge in [0.2, 0.25) is 0 Å². The Morgan fingerprint density at radius 1 is 1.00 bits per heavy atom. The van der Waals surface area contributed by atoms with E-state index in [0.717, 1.165) is 5.56 Å². The molecule has 5 nitrogen and oxygen atoms in total. The zero-order valence-corrected chi connectivity index (χ0v) is 18.2. The summed E-state index contributed by atoms with van der Waals surface area (Å²) in [7, 11) is 0. The number of carbonyl (C=O) groups is 1. The summed E-state index contributed by atoms with van der Waals surface area (Å²) in [5.74, 6) is -0.415. The first-order valence-electron chi connectivity index (χ1n) is 8.80. The van der Waals surface area contributed by atoms with E-state index in [2.05, 4.69) is 20.9 Å². The number of hydrogen-bond donors (Lipinski definition) is 3. The van der Waals surface area contributed by atoms with Crippen molar-refractivity contribution in [2.24, 2.45) is 4.99 Å². The molecule has 2 aromatic carbocycles. The maximum Gasteiger partial charge on any atom is 0.251 e. The van der Waals surface area contributed by atoms with Crippen LogP contribution in [0.15, 0.2) is 47.5 Å². The van der Waals surface area contributed by atoms with Gasteiger partial charge in [-0.2, -0.15) is 0 Å². The number of amides is 1. The van der Waals surface area contributed by atoms with Crippen molar-refractivity contribution in [2.45, 2.75) is 20.4 Å². The minimum absolute atomic E-state index is 0. The zero-order chi connectivity index (χ0) is 19.6. The Morgan fingerprint density at radius 2 is 1.68 bits per heavy atom. The predicted octanol–water partition coefficient (Wildman–Crippen LogP) is 3.38. The van der Waals surface area contributed by atoms with E-state index < -0.39 is 5.82 Å². The Kier molecular flexibility index (Phi) is 10.4. The Morgan fingerprint density at radius 3 is 2.32 bits per heavy atom. The molecule has 0 atom stereocenters. The molecule has 28 heavy (non-hydrogen) atoms. The van der Waals surface area contributed by atoms with E-state index in [1.165, 1.54) is 18.2 Å². The fourth-order valence-electron chi connectivity index (χ4n) is 2.29. The van der Waals surface area contributed by atoms with Gasteiger partial charge in [-0.05, 0) is 49.2 Å². The molecule has 0 fully saturated rings. The standard InChI is InChI=1S/C20H24F2N4O.HI/c1-3-23-20(26-13-15-5-8-17(21)9-6-15)25-11-10-24-19(27)16-7-4-14(2)18(22)12-16;/h4-9,12H,3,10-11,13H2,1-2H3,(H,24,27)(H2,23,25,26);1H. The third-order valence-corrected chi connectivity index (χ3v) is 3.81. The van der Waals surface area contributed by atoms with Gasteiger partial charge in [0.15, 0.2) is 5.96 Å². The molecule has 0 aliphatic rings. The van der Waals surface area contributed by atoms with Gasteiger partial charge in [-0.25, -0.2) is 13.8 Å². The summed E-state index contributed by atoms with van der Waals surface area (Å²) < 4.78 is 26.5. The van der Waals surface area contributed by atoms with Gasteiger partial charge in [0.25, 0.3) is 5.91 Å².